The van der Waals surface area contributed by atoms with E-state index in [9.17, 15) is 18.0 Å². The number of ether oxygens (including phenoxy) is 2. The molecule has 0 saturated carbocycles. The summed E-state index contributed by atoms with van der Waals surface area (Å²) >= 11 is 0. The summed E-state index contributed by atoms with van der Waals surface area (Å²) in [7, 11) is -3.65. The lowest BCUT2D eigenvalue weighted by Crippen LogP contribution is -2.46. The van der Waals surface area contributed by atoms with Crippen LogP contribution >= 0.6 is 0 Å². The summed E-state index contributed by atoms with van der Waals surface area (Å²) in [4.78, 5) is 25.5. The highest BCUT2D eigenvalue weighted by molar-refractivity contribution is 7.89. The third kappa shape index (κ3) is 5.06. The molecule has 2 aliphatic heterocycles. The van der Waals surface area contributed by atoms with Crippen LogP contribution in [0, 0.1) is 5.92 Å². The molecule has 2 amide bonds. The Bertz CT molecular complexity index is 828. The van der Waals surface area contributed by atoms with E-state index in [1.54, 1.807) is 24.0 Å². The molecule has 2 saturated heterocycles. The van der Waals surface area contributed by atoms with E-state index in [4.69, 9.17) is 15.2 Å². The summed E-state index contributed by atoms with van der Waals surface area (Å²) in [5.74, 6) is -0.361. The van der Waals surface area contributed by atoms with Crippen LogP contribution in [0.15, 0.2) is 29.2 Å². The van der Waals surface area contributed by atoms with Crippen LogP contribution in [-0.4, -0.2) is 74.9 Å². The zero-order valence-electron chi connectivity index (χ0n) is 16.5. The van der Waals surface area contributed by atoms with E-state index in [-0.39, 0.29) is 35.7 Å². The number of nitrogens with two attached hydrogens (primary N) is 1. The van der Waals surface area contributed by atoms with E-state index < -0.39 is 16.1 Å². The molecule has 160 valence electrons. The quantitative estimate of drug-likeness (QED) is 0.695. The van der Waals surface area contributed by atoms with Crippen molar-refractivity contribution in [3.8, 4) is 5.75 Å². The first-order valence-corrected chi connectivity index (χ1v) is 11.2. The third-order valence-corrected chi connectivity index (χ3v) is 7.21. The molecule has 2 aliphatic rings. The molecule has 0 aliphatic carbocycles. The molecular formula is C19H27N3O6S. The number of amides is 2. The Morgan fingerprint density at radius 2 is 1.69 bits per heavy atom. The summed E-state index contributed by atoms with van der Waals surface area (Å²) in [6.45, 7) is 4.31. The maximum absolute atomic E-state index is 12.8. The van der Waals surface area contributed by atoms with Crippen molar-refractivity contribution in [1.29, 1.82) is 0 Å². The van der Waals surface area contributed by atoms with Crippen molar-refractivity contribution in [2.45, 2.75) is 30.8 Å². The second-order valence-corrected chi connectivity index (χ2v) is 9.19. The maximum atomic E-state index is 12.8. The smallest absolute Gasteiger partial charge is 0.263 e. The van der Waals surface area contributed by atoms with Crippen LogP contribution in [0.2, 0.25) is 0 Å². The Morgan fingerprint density at radius 3 is 2.24 bits per heavy atom. The van der Waals surface area contributed by atoms with Crippen LogP contribution < -0.4 is 10.5 Å². The molecule has 3 rings (SSSR count). The van der Waals surface area contributed by atoms with Crippen molar-refractivity contribution in [3.05, 3.63) is 24.3 Å². The topological polar surface area (TPSA) is 119 Å². The average Bonchev–Trinajstić information content (AvgIpc) is 2.74. The van der Waals surface area contributed by atoms with Crippen LogP contribution in [0.25, 0.3) is 0 Å². The first-order chi connectivity index (χ1) is 13.8. The van der Waals surface area contributed by atoms with E-state index in [0.29, 0.717) is 44.9 Å². The Morgan fingerprint density at radius 1 is 1.10 bits per heavy atom. The number of primary amides is 1. The number of nitrogens with zero attached hydrogens (tertiary/aromatic N) is 2. The highest BCUT2D eigenvalue weighted by atomic mass is 32.2. The van der Waals surface area contributed by atoms with Crippen molar-refractivity contribution in [3.63, 3.8) is 0 Å². The molecule has 1 aromatic rings. The van der Waals surface area contributed by atoms with Crippen molar-refractivity contribution in [2.24, 2.45) is 11.7 Å². The van der Waals surface area contributed by atoms with Gasteiger partial charge in [0.15, 0.2) is 6.10 Å². The zero-order chi connectivity index (χ0) is 21.0. The van der Waals surface area contributed by atoms with Gasteiger partial charge in [0.2, 0.25) is 15.9 Å². The molecular weight excluding hydrogens is 398 g/mol. The molecule has 0 aromatic heterocycles. The number of hydrogen-bond donors (Lipinski definition) is 1. The van der Waals surface area contributed by atoms with Gasteiger partial charge in [-0.15, -0.1) is 0 Å². The molecule has 29 heavy (non-hydrogen) atoms. The minimum atomic E-state index is -3.65. The summed E-state index contributed by atoms with van der Waals surface area (Å²) in [5, 5.41) is 0. The van der Waals surface area contributed by atoms with Crippen LogP contribution in [-0.2, 0) is 24.3 Å². The Kier molecular flexibility index (Phi) is 6.76. The van der Waals surface area contributed by atoms with Gasteiger partial charge in [0.25, 0.3) is 5.91 Å². The Hall–Kier alpha value is -2.17. The Labute approximate surface area is 170 Å². The number of morpholine rings is 1. The fourth-order valence-electron chi connectivity index (χ4n) is 3.52. The largest absolute Gasteiger partial charge is 0.481 e. The van der Waals surface area contributed by atoms with Crippen LogP contribution in [0.4, 0.5) is 0 Å². The highest BCUT2D eigenvalue weighted by Crippen LogP contribution is 2.25. The number of hydrogen-bond acceptors (Lipinski definition) is 6. The lowest BCUT2D eigenvalue weighted by atomic mass is 9.98. The minimum absolute atomic E-state index is 0.123. The van der Waals surface area contributed by atoms with Crippen LogP contribution in [0.1, 0.15) is 19.8 Å². The van der Waals surface area contributed by atoms with E-state index in [1.165, 1.54) is 16.4 Å². The van der Waals surface area contributed by atoms with Gasteiger partial charge in [0, 0.05) is 32.1 Å². The van der Waals surface area contributed by atoms with Crippen molar-refractivity contribution < 1.29 is 27.5 Å². The van der Waals surface area contributed by atoms with Gasteiger partial charge in [-0.3, -0.25) is 9.59 Å². The summed E-state index contributed by atoms with van der Waals surface area (Å²) in [5.41, 5.74) is 5.30. The van der Waals surface area contributed by atoms with E-state index in [2.05, 4.69) is 0 Å². The predicted molar refractivity (Wildman–Crippen MR) is 105 cm³/mol. The predicted octanol–water partition coefficient (Wildman–Crippen LogP) is 0.199. The van der Waals surface area contributed by atoms with Gasteiger partial charge >= 0.3 is 0 Å². The summed E-state index contributed by atoms with van der Waals surface area (Å²) in [6.07, 6.45) is 0.178. The van der Waals surface area contributed by atoms with Gasteiger partial charge in [-0.1, -0.05) is 0 Å². The first-order valence-electron chi connectivity index (χ1n) is 9.72. The fourth-order valence-corrected chi connectivity index (χ4v) is 4.99. The summed E-state index contributed by atoms with van der Waals surface area (Å²) in [6, 6.07) is 6.03. The number of sulfonamides is 1. The molecule has 9 nitrogen and oxygen atoms in total. The van der Waals surface area contributed by atoms with Gasteiger partial charge in [0.1, 0.15) is 5.75 Å². The number of rotatable bonds is 6. The normalized spacial score (nSPS) is 20.2. The van der Waals surface area contributed by atoms with E-state index >= 15 is 0 Å². The lowest BCUT2D eigenvalue weighted by Gasteiger charge is -2.30. The zero-order valence-corrected chi connectivity index (χ0v) is 17.3. The van der Waals surface area contributed by atoms with Crippen molar-refractivity contribution in [2.75, 3.05) is 39.4 Å². The van der Waals surface area contributed by atoms with Gasteiger partial charge < -0.3 is 20.1 Å². The minimum Gasteiger partial charge on any atom is -0.481 e. The van der Waals surface area contributed by atoms with E-state index in [1.807, 2.05) is 0 Å². The second kappa shape index (κ2) is 9.10. The number of piperidine rings is 1. The number of benzene rings is 1. The first kappa shape index (κ1) is 21.5. The molecule has 2 heterocycles. The van der Waals surface area contributed by atoms with Crippen molar-refractivity contribution in [1.82, 2.24) is 9.21 Å². The Balaban J connectivity index is 1.60. The average molecular weight is 426 g/mol. The highest BCUT2D eigenvalue weighted by Gasteiger charge is 2.31. The molecule has 0 spiro atoms. The monoisotopic (exact) mass is 425 g/mol. The molecule has 0 bridgehead atoms. The number of carbonyl (C=O) groups is 2. The van der Waals surface area contributed by atoms with Crippen LogP contribution in [0.5, 0.6) is 5.75 Å². The molecule has 1 atom stereocenters. The van der Waals surface area contributed by atoms with Crippen LogP contribution in [0.3, 0.4) is 0 Å². The molecule has 0 unspecified atom stereocenters. The number of carbonyl (C=O) groups excluding carboxylic acids is 2. The second-order valence-electron chi connectivity index (χ2n) is 7.25. The molecule has 2 fully saturated rings. The molecule has 1 aromatic carbocycles. The fraction of sp³-hybridized carbons (Fsp3) is 0.579. The van der Waals surface area contributed by atoms with E-state index in [0.717, 1.165) is 0 Å². The maximum Gasteiger partial charge on any atom is 0.263 e. The SMILES string of the molecule is C[C@H](Oc1ccc(S(=O)(=O)N2CCC(C(N)=O)CC2)cc1)C(=O)N1CCOCC1. The summed E-state index contributed by atoms with van der Waals surface area (Å²) < 4.78 is 37.9. The third-order valence-electron chi connectivity index (χ3n) is 5.30. The molecule has 2 N–H and O–H groups in total. The molecule has 10 heteroatoms. The van der Waals surface area contributed by atoms with Gasteiger partial charge in [-0.05, 0) is 44.0 Å². The standard InChI is InChI=1S/C19H27N3O6S/c1-14(19(24)21-10-12-27-13-11-21)28-16-2-4-17(5-3-16)29(25,26)22-8-6-15(7-9-22)18(20)23/h2-5,14-15H,6-13H2,1H3,(H2,20,23)/t14-/m0/s1. The van der Waals surface area contributed by atoms with Gasteiger partial charge in [0.05, 0.1) is 18.1 Å². The van der Waals surface area contributed by atoms with Gasteiger partial charge in [-0.2, -0.15) is 4.31 Å². The van der Waals surface area contributed by atoms with Crippen molar-refractivity contribution >= 4 is 21.8 Å². The van der Waals surface area contributed by atoms with Gasteiger partial charge in [-0.25, -0.2) is 8.42 Å². The lowest BCUT2D eigenvalue weighted by molar-refractivity contribution is -0.142. The molecule has 0 radical (unpaired) electrons.